The Kier molecular flexibility index (Phi) is 3.74. The van der Waals surface area contributed by atoms with Crippen LogP contribution < -0.4 is 16.0 Å². The summed E-state index contributed by atoms with van der Waals surface area (Å²) in [7, 11) is 1.63. The molecule has 1 saturated heterocycles. The number of nitro groups is 1. The Labute approximate surface area is 109 Å². The quantitative estimate of drug-likeness (QED) is 0.522. The van der Waals surface area contributed by atoms with Crippen molar-refractivity contribution in [2.45, 2.75) is 18.9 Å². The molecule has 0 spiro atoms. The Morgan fingerprint density at radius 1 is 1.58 bits per heavy atom. The molecule has 1 aromatic heterocycles. The summed E-state index contributed by atoms with van der Waals surface area (Å²) >= 11 is 0. The molecular formula is C10H14N6O3. The summed E-state index contributed by atoms with van der Waals surface area (Å²) in [6, 6.07) is -0.0731. The van der Waals surface area contributed by atoms with Crippen LogP contribution in [0, 0.1) is 10.1 Å². The molecule has 1 aliphatic heterocycles. The monoisotopic (exact) mass is 266 g/mol. The van der Waals surface area contributed by atoms with Crippen LogP contribution in [0.25, 0.3) is 0 Å². The maximum atomic E-state index is 11.1. The number of piperidine rings is 1. The van der Waals surface area contributed by atoms with Gasteiger partial charge in [0.2, 0.25) is 17.7 Å². The van der Waals surface area contributed by atoms with Gasteiger partial charge in [0.1, 0.15) is 6.20 Å². The van der Waals surface area contributed by atoms with Crippen LogP contribution >= 0.6 is 0 Å². The fourth-order valence-electron chi connectivity index (χ4n) is 1.79. The highest BCUT2D eigenvalue weighted by Gasteiger charge is 2.23. The average Bonchev–Trinajstić information content (AvgIpc) is 2.41. The van der Waals surface area contributed by atoms with E-state index in [4.69, 9.17) is 0 Å². The number of nitrogens with one attached hydrogen (secondary N) is 3. The lowest BCUT2D eigenvalue weighted by molar-refractivity contribution is -0.384. The van der Waals surface area contributed by atoms with Gasteiger partial charge >= 0.3 is 5.69 Å². The van der Waals surface area contributed by atoms with Crippen LogP contribution in [0.5, 0.6) is 0 Å². The van der Waals surface area contributed by atoms with Gasteiger partial charge in [0, 0.05) is 26.1 Å². The molecular weight excluding hydrogens is 252 g/mol. The highest BCUT2D eigenvalue weighted by atomic mass is 16.6. The number of anilines is 2. The molecule has 1 atom stereocenters. The predicted molar refractivity (Wildman–Crippen MR) is 67.9 cm³/mol. The van der Waals surface area contributed by atoms with Gasteiger partial charge in [-0.25, -0.2) is 4.98 Å². The van der Waals surface area contributed by atoms with E-state index >= 15 is 0 Å². The van der Waals surface area contributed by atoms with Gasteiger partial charge in [-0.05, 0) is 6.42 Å². The fourth-order valence-corrected chi connectivity index (χ4v) is 1.79. The van der Waals surface area contributed by atoms with E-state index < -0.39 is 4.92 Å². The minimum atomic E-state index is -0.539. The Morgan fingerprint density at radius 2 is 2.37 bits per heavy atom. The zero-order valence-electron chi connectivity index (χ0n) is 10.3. The molecule has 1 aliphatic rings. The first-order chi connectivity index (χ1) is 9.10. The van der Waals surface area contributed by atoms with Crippen molar-refractivity contribution in [3.63, 3.8) is 0 Å². The summed E-state index contributed by atoms with van der Waals surface area (Å²) in [5, 5.41) is 19.3. The highest BCUT2D eigenvalue weighted by Crippen LogP contribution is 2.23. The molecule has 0 aromatic carbocycles. The number of nitrogens with zero attached hydrogens (tertiary/aromatic N) is 3. The Morgan fingerprint density at radius 3 is 2.95 bits per heavy atom. The molecule has 1 aromatic rings. The topological polar surface area (TPSA) is 122 Å². The lowest BCUT2D eigenvalue weighted by Crippen LogP contribution is -2.42. The van der Waals surface area contributed by atoms with Crippen molar-refractivity contribution in [1.82, 2.24) is 15.3 Å². The van der Waals surface area contributed by atoms with Gasteiger partial charge in [0.05, 0.1) is 4.92 Å². The van der Waals surface area contributed by atoms with E-state index in [1.54, 1.807) is 7.05 Å². The van der Waals surface area contributed by atoms with E-state index in [0.29, 0.717) is 25.3 Å². The Balaban J connectivity index is 2.17. The Bertz CT molecular complexity index is 496. The van der Waals surface area contributed by atoms with E-state index in [9.17, 15) is 14.9 Å². The minimum Gasteiger partial charge on any atom is -0.360 e. The van der Waals surface area contributed by atoms with E-state index in [0.717, 1.165) is 6.20 Å². The first-order valence-electron chi connectivity index (χ1n) is 5.82. The van der Waals surface area contributed by atoms with Gasteiger partial charge < -0.3 is 16.0 Å². The molecule has 1 amide bonds. The number of carbonyl (C=O) groups excluding carboxylic acids is 1. The lowest BCUT2D eigenvalue weighted by Gasteiger charge is -2.23. The number of carbonyl (C=O) groups is 1. The molecule has 0 radical (unpaired) electrons. The number of amides is 1. The second-order valence-corrected chi connectivity index (χ2v) is 4.12. The average molecular weight is 266 g/mol. The van der Waals surface area contributed by atoms with Gasteiger partial charge in [-0.15, -0.1) is 0 Å². The van der Waals surface area contributed by atoms with Crippen LogP contribution in [-0.2, 0) is 4.79 Å². The third-order valence-corrected chi connectivity index (χ3v) is 2.80. The van der Waals surface area contributed by atoms with Gasteiger partial charge in [-0.2, -0.15) is 4.98 Å². The summed E-state index contributed by atoms with van der Waals surface area (Å²) in [4.78, 5) is 29.3. The van der Waals surface area contributed by atoms with Crippen LogP contribution in [0.2, 0.25) is 0 Å². The second-order valence-electron chi connectivity index (χ2n) is 4.12. The van der Waals surface area contributed by atoms with Crippen molar-refractivity contribution in [2.24, 2.45) is 0 Å². The molecule has 102 valence electrons. The second kappa shape index (κ2) is 5.46. The predicted octanol–water partition coefficient (Wildman–Crippen LogP) is 0.117. The van der Waals surface area contributed by atoms with Crippen LogP contribution in [0.3, 0.4) is 0 Å². The summed E-state index contributed by atoms with van der Waals surface area (Å²) in [6.45, 7) is 0.425. The van der Waals surface area contributed by atoms with E-state index in [1.807, 2.05) is 0 Å². The molecule has 0 saturated carbocycles. The van der Waals surface area contributed by atoms with Gasteiger partial charge in [0.15, 0.2) is 0 Å². The summed E-state index contributed by atoms with van der Waals surface area (Å²) in [5.74, 6) is 0.449. The molecule has 0 aliphatic carbocycles. The Hall–Kier alpha value is -2.45. The van der Waals surface area contributed by atoms with Crippen molar-refractivity contribution >= 4 is 23.4 Å². The molecule has 19 heavy (non-hydrogen) atoms. The minimum absolute atomic E-state index is 0.00819. The molecule has 9 heteroatoms. The van der Waals surface area contributed by atoms with Crippen LogP contribution in [0.15, 0.2) is 6.20 Å². The largest absolute Gasteiger partial charge is 0.360 e. The summed E-state index contributed by atoms with van der Waals surface area (Å²) < 4.78 is 0. The number of hydrogen-bond acceptors (Lipinski definition) is 7. The fraction of sp³-hybridized carbons (Fsp3) is 0.500. The lowest BCUT2D eigenvalue weighted by atomic mass is 10.1. The van der Waals surface area contributed by atoms with E-state index in [1.165, 1.54) is 0 Å². The number of aromatic nitrogens is 2. The molecule has 2 heterocycles. The van der Waals surface area contributed by atoms with E-state index in [-0.39, 0.29) is 23.5 Å². The number of rotatable bonds is 4. The van der Waals surface area contributed by atoms with Gasteiger partial charge in [-0.3, -0.25) is 14.9 Å². The third kappa shape index (κ3) is 3.06. The van der Waals surface area contributed by atoms with Crippen molar-refractivity contribution < 1.29 is 9.72 Å². The van der Waals surface area contributed by atoms with E-state index in [2.05, 4.69) is 25.9 Å². The maximum Gasteiger partial charge on any atom is 0.329 e. The maximum absolute atomic E-state index is 11.1. The van der Waals surface area contributed by atoms with Crippen molar-refractivity contribution in [3.8, 4) is 0 Å². The van der Waals surface area contributed by atoms with Gasteiger partial charge in [-0.1, -0.05) is 0 Å². The van der Waals surface area contributed by atoms with Crippen LogP contribution in [0.1, 0.15) is 12.8 Å². The zero-order valence-corrected chi connectivity index (χ0v) is 10.3. The third-order valence-electron chi connectivity index (χ3n) is 2.80. The zero-order chi connectivity index (χ0) is 13.8. The summed E-state index contributed by atoms with van der Waals surface area (Å²) in [6.07, 6.45) is 2.17. The van der Waals surface area contributed by atoms with Crippen molar-refractivity contribution in [1.29, 1.82) is 0 Å². The SMILES string of the molecule is CNc1ncc([N+](=O)[O-])c(NC2CCC(=O)NC2)n1. The smallest absolute Gasteiger partial charge is 0.329 e. The normalized spacial score (nSPS) is 18.6. The molecule has 2 rings (SSSR count). The number of hydrogen-bond donors (Lipinski definition) is 3. The standard InChI is InChI=1S/C10H14N6O3/c1-11-10-13-5-7(16(18)19)9(15-10)14-6-2-3-8(17)12-4-6/h5-6H,2-4H2,1H3,(H,12,17)(H2,11,13,14,15). The molecule has 0 bridgehead atoms. The first kappa shape index (κ1) is 13.0. The highest BCUT2D eigenvalue weighted by molar-refractivity contribution is 5.77. The van der Waals surface area contributed by atoms with Gasteiger partial charge in [0.25, 0.3) is 0 Å². The van der Waals surface area contributed by atoms with Crippen LogP contribution in [-0.4, -0.2) is 40.4 Å². The summed E-state index contributed by atoms with van der Waals surface area (Å²) in [5.41, 5.74) is -0.184. The van der Waals surface area contributed by atoms with Crippen molar-refractivity contribution in [2.75, 3.05) is 24.2 Å². The molecule has 3 N–H and O–H groups in total. The molecule has 1 fully saturated rings. The molecule has 9 nitrogen and oxygen atoms in total. The first-order valence-corrected chi connectivity index (χ1v) is 5.82. The van der Waals surface area contributed by atoms with Crippen LogP contribution in [0.4, 0.5) is 17.5 Å². The van der Waals surface area contributed by atoms with Crippen molar-refractivity contribution in [3.05, 3.63) is 16.3 Å². The molecule has 1 unspecified atom stereocenters.